The van der Waals surface area contributed by atoms with Crippen LogP contribution in [0.4, 0.5) is 0 Å². The van der Waals surface area contributed by atoms with Crippen molar-refractivity contribution in [1.29, 1.82) is 0 Å². The van der Waals surface area contributed by atoms with Crippen LogP contribution in [0.15, 0.2) is 59.8 Å². The Morgan fingerprint density at radius 2 is 1.79 bits per heavy atom. The summed E-state index contributed by atoms with van der Waals surface area (Å²) in [4.78, 5) is 14.8. The average Bonchev–Trinajstić information content (AvgIpc) is 3.29. The Labute approximate surface area is 200 Å². The average molecular weight is 465 g/mol. The van der Waals surface area contributed by atoms with Gasteiger partial charge in [-0.05, 0) is 49.1 Å². The Hall–Kier alpha value is -2.80. The van der Waals surface area contributed by atoms with Crippen LogP contribution in [0, 0.1) is 0 Å². The highest BCUT2D eigenvalue weighted by molar-refractivity contribution is 7.99. The van der Waals surface area contributed by atoms with Gasteiger partial charge in [-0.15, -0.1) is 10.2 Å². The van der Waals surface area contributed by atoms with E-state index < -0.39 is 0 Å². The molecule has 33 heavy (non-hydrogen) atoms. The molecule has 2 aromatic carbocycles. The van der Waals surface area contributed by atoms with Crippen molar-refractivity contribution in [2.24, 2.45) is 0 Å². The van der Waals surface area contributed by atoms with E-state index in [1.807, 2.05) is 42.3 Å². The first-order valence-corrected chi connectivity index (χ1v) is 12.6. The number of carbonyl (C=O) groups is 1. The van der Waals surface area contributed by atoms with Crippen LogP contribution in [0.1, 0.15) is 37.7 Å². The van der Waals surface area contributed by atoms with Gasteiger partial charge in [0.2, 0.25) is 5.91 Å². The summed E-state index contributed by atoms with van der Waals surface area (Å²) in [7, 11) is 3.61. The van der Waals surface area contributed by atoms with Crippen molar-refractivity contribution in [2.45, 2.75) is 56.3 Å². The summed E-state index contributed by atoms with van der Waals surface area (Å²) >= 11 is 1.48. The molecule has 0 unspecified atom stereocenters. The normalized spacial score (nSPS) is 14.2. The highest BCUT2D eigenvalue weighted by Gasteiger charge is 2.23. The van der Waals surface area contributed by atoms with Crippen molar-refractivity contribution in [2.75, 3.05) is 19.9 Å². The number of benzene rings is 2. The lowest BCUT2D eigenvalue weighted by Gasteiger charge is -2.31. The molecule has 1 amide bonds. The molecule has 1 aliphatic carbocycles. The van der Waals surface area contributed by atoms with Crippen molar-refractivity contribution in [3.05, 3.63) is 60.2 Å². The second-order valence-corrected chi connectivity index (χ2v) is 9.45. The molecule has 0 bridgehead atoms. The first kappa shape index (κ1) is 23.4. The number of hydrogen-bond donors (Lipinski definition) is 0. The lowest BCUT2D eigenvalue weighted by molar-refractivity contribution is -0.129. The second kappa shape index (κ2) is 11.4. The van der Waals surface area contributed by atoms with E-state index in [4.69, 9.17) is 4.74 Å². The van der Waals surface area contributed by atoms with Gasteiger partial charge in [0.1, 0.15) is 5.75 Å². The topological polar surface area (TPSA) is 60.3 Å². The molecule has 0 aliphatic heterocycles. The van der Waals surface area contributed by atoms with E-state index in [2.05, 4.69) is 39.0 Å². The van der Waals surface area contributed by atoms with Crippen LogP contribution in [0.5, 0.6) is 5.75 Å². The van der Waals surface area contributed by atoms with Crippen molar-refractivity contribution in [1.82, 2.24) is 19.7 Å². The molecule has 3 aromatic rings. The van der Waals surface area contributed by atoms with E-state index in [1.165, 1.54) is 36.6 Å². The highest BCUT2D eigenvalue weighted by Crippen LogP contribution is 2.27. The molecule has 1 fully saturated rings. The molecule has 1 heterocycles. The Morgan fingerprint density at radius 1 is 1.06 bits per heavy atom. The lowest BCUT2D eigenvalue weighted by Crippen LogP contribution is -2.39. The van der Waals surface area contributed by atoms with Gasteiger partial charge in [-0.25, -0.2) is 0 Å². The fourth-order valence-corrected chi connectivity index (χ4v) is 5.22. The first-order valence-electron chi connectivity index (χ1n) is 11.7. The number of rotatable bonds is 9. The molecule has 7 heteroatoms. The maximum absolute atomic E-state index is 12.9. The Balaban J connectivity index is 1.50. The fourth-order valence-electron chi connectivity index (χ4n) is 4.34. The van der Waals surface area contributed by atoms with Gasteiger partial charge in [-0.3, -0.25) is 4.79 Å². The van der Waals surface area contributed by atoms with Gasteiger partial charge in [0.25, 0.3) is 0 Å². The third-order valence-corrected chi connectivity index (χ3v) is 7.32. The SMILES string of the molecule is COc1ccc(-c2nnc(SCC(=O)N(C)C3CCCCC3)n2CCc2ccccc2)cc1. The molecule has 6 nitrogen and oxygen atoms in total. The van der Waals surface area contributed by atoms with E-state index in [0.717, 1.165) is 48.1 Å². The summed E-state index contributed by atoms with van der Waals surface area (Å²) in [6.07, 6.45) is 6.81. The summed E-state index contributed by atoms with van der Waals surface area (Å²) in [5, 5.41) is 9.74. The lowest BCUT2D eigenvalue weighted by atomic mass is 9.94. The van der Waals surface area contributed by atoms with Gasteiger partial charge in [-0.1, -0.05) is 61.4 Å². The van der Waals surface area contributed by atoms with Gasteiger partial charge in [0, 0.05) is 25.2 Å². The number of carbonyl (C=O) groups excluding carboxylic acids is 1. The fraction of sp³-hybridized carbons (Fsp3) is 0.423. The number of nitrogens with zero attached hydrogens (tertiary/aromatic N) is 4. The summed E-state index contributed by atoms with van der Waals surface area (Å²) < 4.78 is 7.43. The number of aryl methyl sites for hydroxylation is 1. The van der Waals surface area contributed by atoms with Gasteiger partial charge >= 0.3 is 0 Å². The second-order valence-electron chi connectivity index (χ2n) is 8.51. The molecule has 1 aliphatic rings. The molecular formula is C26H32N4O2S. The van der Waals surface area contributed by atoms with E-state index in [-0.39, 0.29) is 5.91 Å². The van der Waals surface area contributed by atoms with Crippen molar-refractivity contribution < 1.29 is 9.53 Å². The van der Waals surface area contributed by atoms with Crippen LogP contribution < -0.4 is 4.74 Å². The molecule has 0 spiro atoms. The van der Waals surface area contributed by atoms with Gasteiger partial charge in [-0.2, -0.15) is 0 Å². The number of aromatic nitrogens is 3. The third kappa shape index (κ3) is 5.96. The van der Waals surface area contributed by atoms with Crippen LogP contribution in [-0.2, 0) is 17.8 Å². The monoisotopic (exact) mass is 464 g/mol. The minimum atomic E-state index is 0.163. The van der Waals surface area contributed by atoms with E-state index in [0.29, 0.717) is 11.8 Å². The summed E-state index contributed by atoms with van der Waals surface area (Å²) in [6, 6.07) is 18.6. The highest BCUT2D eigenvalue weighted by atomic mass is 32.2. The smallest absolute Gasteiger partial charge is 0.233 e. The Kier molecular flexibility index (Phi) is 8.05. The molecule has 174 valence electrons. The van der Waals surface area contributed by atoms with Crippen LogP contribution in [0.2, 0.25) is 0 Å². The molecule has 1 saturated carbocycles. The van der Waals surface area contributed by atoms with Gasteiger partial charge in [0.05, 0.1) is 12.9 Å². The van der Waals surface area contributed by atoms with E-state index in [1.54, 1.807) is 7.11 Å². The Morgan fingerprint density at radius 3 is 2.48 bits per heavy atom. The number of thioether (sulfide) groups is 1. The zero-order valence-electron chi connectivity index (χ0n) is 19.4. The largest absolute Gasteiger partial charge is 0.497 e. The maximum Gasteiger partial charge on any atom is 0.233 e. The standard InChI is InChI=1S/C26H32N4O2S/c1-29(22-11-7-4-8-12-22)24(31)19-33-26-28-27-25(21-13-15-23(32-2)16-14-21)30(26)18-17-20-9-5-3-6-10-20/h3,5-6,9-10,13-16,22H,4,7-8,11-12,17-19H2,1-2H3. The maximum atomic E-state index is 12.9. The molecule has 0 radical (unpaired) electrons. The van der Waals surface area contributed by atoms with Crippen molar-refractivity contribution in [3.8, 4) is 17.1 Å². The molecule has 1 aromatic heterocycles. The van der Waals surface area contributed by atoms with Crippen molar-refractivity contribution >= 4 is 17.7 Å². The minimum absolute atomic E-state index is 0.163. The molecule has 0 atom stereocenters. The van der Waals surface area contributed by atoms with Crippen LogP contribution in [0.3, 0.4) is 0 Å². The van der Waals surface area contributed by atoms with Crippen LogP contribution in [-0.4, -0.2) is 51.5 Å². The first-order chi connectivity index (χ1) is 16.2. The zero-order valence-corrected chi connectivity index (χ0v) is 20.3. The molecule has 0 saturated heterocycles. The summed E-state index contributed by atoms with van der Waals surface area (Å²) in [5.41, 5.74) is 2.24. The molecule has 0 N–H and O–H groups in total. The molecule has 4 rings (SSSR count). The van der Waals surface area contributed by atoms with Crippen LogP contribution in [0.25, 0.3) is 11.4 Å². The van der Waals surface area contributed by atoms with Gasteiger partial charge in [0.15, 0.2) is 11.0 Å². The number of amides is 1. The van der Waals surface area contributed by atoms with E-state index in [9.17, 15) is 4.79 Å². The number of methoxy groups -OCH3 is 1. The third-order valence-electron chi connectivity index (χ3n) is 6.37. The predicted molar refractivity (Wildman–Crippen MR) is 133 cm³/mol. The van der Waals surface area contributed by atoms with Gasteiger partial charge < -0.3 is 14.2 Å². The quantitative estimate of drug-likeness (QED) is 0.413. The Bertz CT molecular complexity index is 1030. The molecular weight excluding hydrogens is 432 g/mol. The van der Waals surface area contributed by atoms with E-state index >= 15 is 0 Å². The number of ether oxygens (including phenoxy) is 1. The van der Waals surface area contributed by atoms with Crippen LogP contribution >= 0.6 is 11.8 Å². The van der Waals surface area contributed by atoms with Crippen molar-refractivity contribution in [3.63, 3.8) is 0 Å². The minimum Gasteiger partial charge on any atom is -0.497 e. The summed E-state index contributed by atoms with van der Waals surface area (Å²) in [6.45, 7) is 0.743. The predicted octanol–water partition coefficient (Wildman–Crippen LogP) is 5.08. The zero-order chi connectivity index (χ0) is 23.0. The summed E-state index contributed by atoms with van der Waals surface area (Å²) in [5.74, 6) is 2.15. The number of hydrogen-bond acceptors (Lipinski definition) is 5.